The van der Waals surface area contributed by atoms with Crippen molar-refractivity contribution in [1.29, 1.82) is 0 Å². The number of allylic oxidation sites excluding steroid dienone is 1. The third-order valence-electron chi connectivity index (χ3n) is 3.87. The minimum Gasteiger partial charge on any atom is -0.466 e. The molecule has 7 nitrogen and oxygen atoms in total. The number of carbonyl (C=O) groups excluding carboxylic acids is 2. The Morgan fingerprint density at radius 2 is 1.96 bits per heavy atom. The molecule has 1 aliphatic rings. The zero-order valence-corrected chi connectivity index (χ0v) is 15.2. The van der Waals surface area contributed by atoms with Crippen molar-refractivity contribution >= 4 is 23.3 Å². The van der Waals surface area contributed by atoms with E-state index >= 15 is 0 Å². The van der Waals surface area contributed by atoms with Crippen molar-refractivity contribution in [2.45, 2.75) is 12.8 Å². The van der Waals surface area contributed by atoms with Crippen LogP contribution in [0, 0.1) is 0 Å². The fourth-order valence-electron chi connectivity index (χ4n) is 2.80. The summed E-state index contributed by atoms with van der Waals surface area (Å²) >= 11 is 1.45. The van der Waals surface area contributed by atoms with E-state index < -0.39 is 17.9 Å². The van der Waals surface area contributed by atoms with Gasteiger partial charge in [0, 0.05) is 29.4 Å². The summed E-state index contributed by atoms with van der Waals surface area (Å²) < 4.78 is 9.90. The van der Waals surface area contributed by atoms with Gasteiger partial charge in [0.2, 0.25) is 0 Å². The van der Waals surface area contributed by atoms with E-state index in [4.69, 9.17) is 14.6 Å². The largest absolute Gasteiger partial charge is 0.466 e. The second-order valence-electron chi connectivity index (χ2n) is 5.39. The molecule has 1 aliphatic heterocycles. The number of methoxy groups -OCH3 is 2. The molecule has 1 aromatic rings. The summed E-state index contributed by atoms with van der Waals surface area (Å²) in [6, 6.07) is 3.74. The predicted octanol–water partition coefficient (Wildman–Crippen LogP) is 0.891. The van der Waals surface area contributed by atoms with Crippen LogP contribution in [0.4, 0.5) is 0 Å². The molecule has 0 saturated carbocycles. The molecule has 0 bridgehead atoms. The van der Waals surface area contributed by atoms with Crippen LogP contribution in [0.2, 0.25) is 0 Å². The Kier molecular flexibility index (Phi) is 6.74. The Morgan fingerprint density at radius 1 is 1.28 bits per heavy atom. The second-order valence-corrected chi connectivity index (χ2v) is 6.37. The van der Waals surface area contributed by atoms with Crippen LogP contribution in [0.15, 0.2) is 40.1 Å². The number of thiophene rings is 1. The summed E-state index contributed by atoms with van der Waals surface area (Å²) in [6.45, 7) is 2.47. The van der Waals surface area contributed by atoms with E-state index in [0.29, 0.717) is 35.6 Å². The van der Waals surface area contributed by atoms with Gasteiger partial charge in [0.05, 0.1) is 37.9 Å². The van der Waals surface area contributed by atoms with E-state index in [1.165, 1.54) is 25.6 Å². The van der Waals surface area contributed by atoms with E-state index in [0.717, 1.165) is 4.88 Å². The fraction of sp³-hybridized carbons (Fsp3) is 0.412. The SMILES string of the molecule is COC(=O)C1=C(C)NC(CNCCO)=C(C(=O)OC)C1c1cccs1. The Labute approximate surface area is 150 Å². The van der Waals surface area contributed by atoms with Gasteiger partial charge in [-0.25, -0.2) is 9.59 Å². The van der Waals surface area contributed by atoms with Crippen molar-refractivity contribution in [3.8, 4) is 0 Å². The van der Waals surface area contributed by atoms with Gasteiger partial charge < -0.3 is 25.2 Å². The first-order valence-corrected chi connectivity index (χ1v) is 8.65. The number of ether oxygens (including phenoxy) is 2. The van der Waals surface area contributed by atoms with Gasteiger partial charge in [-0.1, -0.05) is 6.07 Å². The molecule has 25 heavy (non-hydrogen) atoms. The van der Waals surface area contributed by atoms with Crippen LogP contribution in [-0.2, 0) is 19.1 Å². The zero-order chi connectivity index (χ0) is 18.4. The topological polar surface area (TPSA) is 96.9 Å². The number of nitrogens with one attached hydrogen (secondary N) is 2. The minimum atomic E-state index is -0.563. The molecule has 3 N–H and O–H groups in total. The minimum absolute atomic E-state index is 0.0164. The summed E-state index contributed by atoms with van der Waals surface area (Å²) in [4.78, 5) is 25.7. The lowest BCUT2D eigenvalue weighted by Gasteiger charge is -2.30. The average Bonchev–Trinajstić information content (AvgIpc) is 3.14. The molecule has 1 atom stereocenters. The van der Waals surface area contributed by atoms with Crippen molar-refractivity contribution in [1.82, 2.24) is 10.6 Å². The van der Waals surface area contributed by atoms with Gasteiger partial charge >= 0.3 is 11.9 Å². The summed E-state index contributed by atoms with van der Waals surface area (Å²) in [7, 11) is 2.62. The van der Waals surface area contributed by atoms with Crippen molar-refractivity contribution in [3.05, 3.63) is 44.9 Å². The Morgan fingerprint density at radius 3 is 2.52 bits per heavy atom. The summed E-state index contributed by atoms with van der Waals surface area (Å²) in [5.74, 6) is -1.57. The predicted molar refractivity (Wildman–Crippen MR) is 93.9 cm³/mol. The zero-order valence-electron chi connectivity index (χ0n) is 14.4. The molecule has 1 aromatic heterocycles. The number of rotatable bonds is 7. The monoisotopic (exact) mass is 366 g/mol. The highest BCUT2D eigenvalue weighted by molar-refractivity contribution is 7.10. The summed E-state index contributed by atoms with van der Waals surface area (Å²) in [5, 5.41) is 17.0. The van der Waals surface area contributed by atoms with Gasteiger partial charge in [0.25, 0.3) is 0 Å². The number of aliphatic hydroxyl groups is 1. The highest BCUT2D eigenvalue weighted by Gasteiger charge is 2.38. The highest BCUT2D eigenvalue weighted by Crippen LogP contribution is 2.40. The number of esters is 2. The lowest BCUT2D eigenvalue weighted by Crippen LogP contribution is -2.37. The molecule has 0 saturated heterocycles. The van der Waals surface area contributed by atoms with Crippen molar-refractivity contribution in [2.24, 2.45) is 0 Å². The maximum absolute atomic E-state index is 12.5. The molecule has 136 valence electrons. The van der Waals surface area contributed by atoms with Gasteiger partial charge in [-0.05, 0) is 18.4 Å². The second kappa shape index (κ2) is 8.80. The first-order valence-electron chi connectivity index (χ1n) is 7.77. The lowest BCUT2D eigenvalue weighted by atomic mass is 9.84. The van der Waals surface area contributed by atoms with Crippen LogP contribution in [-0.4, -0.2) is 51.0 Å². The van der Waals surface area contributed by atoms with Gasteiger partial charge in [0.15, 0.2) is 0 Å². The van der Waals surface area contributed by atoms with Crippen molar-refractivity contribution < 1.29 is 24.2 Å². The van der Waals surface area contributed by atoms with Crippen molar-refractivity contribution in [2.75, 3.05) is 33.9 Å². The van der Waals surface area contributed by atoms with Crippen LogP contribution in [0.5, 0.6) is 0 Å². The van der Waals surface area contributed by atoms with Gasteiger partial charge in [-0.2, -0.15) is 0 Å². The molecular weight excluding hydrogens is 344 g/mol. The molecule has 0 spiro atoms. The van der Waals surface area contributed by atoms with E-state index in [2.05, 4.69) is 10.6 Å². The Bertz CT molecular complexity index is 694. The molecule has 1 unspecified atom stereocenters. The highest BCUT2D eigenvalue weighted by atomic mass is 32.1. The molecule has 0 radical (unpaired) electrons. The summed E-state index contributed by atoms with van der Waals surface area (Å²) in [5.41, 5.74) is 1.99. The van der Waals surface area contributed by atoms with E-state index in [1.807, 2.05) is 17.5 Å². The molecule has 2 heterocycles. The molecule has 2 rings (SSSR count). The Balaban J connectivity index is 2.56. The van der Waals surface area contributed by atoms with Crippen LogP contribution < -0.4 is 10.6 Å². The third kappa shape index (κ3) is 4.09. The normalized spacial score (nSPS) is 17.4. The average molecular weight is 366 g/mol. The first-order chi connectivity index (χ1) is 12.0. The van der Waals surface area contributed by atoms with Crippen LogP contribution in [0.1, 0.15) is 17.7 Å². The number of carbonyl (C=O) groups is 2. The third-order valence-corrected chi connectivity index (χ3v) is 4.81. The van der Waals surface area contributed by atoms with E-state index in [-0.39, 0.29) is 6.61 Å². The van der Waals surface area contributed by atoms with E-state index in [9.17, 15) is 9.59 Å². The van der Waals surface area contributed by atoms with Crippen LogP contribution in [0.25, 0.3) is 0 Å². The first kappa shape index (κ1) is 19.2. The van der Waals surface area contributed by atoms with Crippen molar-refractivity contribution in [3.63, 3.8) is 0 Å². The van der Waals surface area contributed by atoms with Crippen LogP contribution in [0.3, 0.4) is 0 Å². The molecule has 0 amide bonds. The smallest absolute Gasteiger partial charge is 0.336 e. The van der Waals surface area contributed by atoms with Gasteiger partial charge in [-0.15, -0.1) is 11.3 Å². The Hall–Kier alpha value is -2.16. The molecule has 0 aromatic carbocycles. The molecule has 8 heteroatoms. The standard InChI is InChI=1S/C17H22N2O5S/c1-10-13(16(21)23-2)15(12-5-4-8-25-12)14(17(22)24-3)11(19-10)9-18-6-7-20/h4-5,8,15,18-20H,6-7,9H2,1-3H3. The number of aliphatic hydroxyl groups excluding tert-OH is 1. The fourth-order valence-corrected chi connectivity index (χ4v) is 3.64. The number of hydrogen-bond donors (Lipinski definition) is 3. The molecule has 0 aliphatic carbocycles. The van der Waals surface area contributed by atoms with Crippen LogP contribution >= 0.6 is 11.3 Å². The maximum atomic E-state index is 12.5. The quantitative estimate of drug-likeness (QED) is 0.487. The van der Waals surface area contributed by atoms with Gasteiger partial charge in [-0.3, -0.25) is 0 Å². The maximum Gasteiger partial charge on any atom is 0.336 e. The van der Waals surface area contributed by atoms with Gasteiger partial charge in [0.1, 0.15) is 0 Å². The summed E-state index contributed by atoms with van der Waals surface area (Å²) in [6.07, 6.45) is 0. The lowest BCUT2D eigenvalue weighted by molar-refractivity contribution is -0.137. The van der Waals surface area contributed by atoms with E-state index in [1.54, 1.807) is 6.92 Å². The molecular formula is C17H22N2O5S. The number of dihydropyridines is 1. The molecule has 0 fully saturated rings. The number of hydrogen-bond acceptors (Lipinski definition) is 8.